The number of hydrogen-bond donors (Lipinski definition) is 2. The van der Waals surface area contributed by atoms with E-state index in [9.17, 15) is 19.5 Å². The standard InChI is InChI=1S/C20H18N2O5S/c1-2-27-16-8-6-14(7-9-16)21-18(24)12-22-19(25)17(28-20(22)26)11-13-4-3-5-15(23)10-13/h3-11,23H,2,12H2,1H3,(H,21,24). The zero-order valence-electron chi connectivity index (χ0n) is 15.0. The van der Waals surface area contributed by atoms with Crippen LogP contribution in [0.3, 0.4) is 0 Å². The largest absolute Gasteiger partial charge is 0.508 e. The Labute approximate surface area is 166 Å². The number of anilines is 1. The van der Waals surface area contributed by atoms with Gasteiger partial charge in [-0.25, -0.2) is 0 Å². The van der Waals surface area contributed by atoms with Gasteiger partial charge in [-0.1, -0.05) is 12.1 Å². The predicted octanol–water partition coefficient (Wildman–Crippen LogP) is 3.47. The monoisotopic (exact) mass is 398 g/mol. The van der Waals surface area contributed by atoms with Crippen molar-refractivity contribution in [1.29, 1.82) is 0 Å². The highest BCUT2D eigenvalue weighted by Crippen LogP contribution is 2.32. The van der Waals surface area contributed by atoms with Crippen LogP contribution in [-0.2, 0) is 9.59 Å². The molecule has 0 saturated carbocycles. The van der Waals surface area contributed by atoms with Crippen molar-refractivity contribution in [2.24, 2.45) is 0 Å². The second kappa shape index (κ2) is 8.62. The van der Waals surface area contributed by atoms with E-state index < -0.39 is 17.1 Å². The Morgan fingerprint density at radius 3 is 2.64 bits per heavy atom. The van der Waals surface area contributed by atoms with Gasteiger partial charge in [0.25, 0.3) is 11.1 Å². The van der Waals surface area contributed by atoms with Crippen LogP contribution >= 0.6 is 11.8 Å². The van der Waals surface area contributed by atoms with Gasteiger partial charge in [-0.2, -0.15) is 0 Å². The van der Waals surface area contributed by atoms with Gasteiger partial charge < -0.3 is 15.2 Å². The first-order valence-electron chi connectivity index (χ1n) is 8.53. The van der Waals surface area contributed by atoms with E-state index in [1.807, 2.05) is 6.92 Å². The molecule has 1 aliphatic heterocycles. The third-order valence-electron chi connectivity index (χ3n) is 3.79. The van der Waals surface area contributed by atoms with E-state index in [1.165, 1.54) is 18.2 Å². The second-order valence-corrected chi connectivity index (χ2v) is 6.86. The van der Waals surface area contributed by atoms with Crippen molar-refractivity contribution in [3.63, 3.8) is 0 Å². The summed E-state index contributed by atoms with van der Waals surface area (Å²) in [5, 5.41) is 11.6. The third kappa shape index (κ3) is 4.72. The maximum Gasteiger partial charge on any atom is 0.294 e. The number of benzene rings is 2. The van der Waals surface area contributed by atoms with Crippen molar-refractivity contribution in [1.82, 2.24) is 4.90 Å². The molecule has 8 heteroatoms. The van der Waals surface area contributed by atoms with Crippen LogP contribution in [0.2, 0.25) is 0 Å². The fourth-order valence-corrected chi connectivity index (χ4v) is 3.39. The smallest absolute Gasteiger partial charge is 0.294 e. The molecule has 0 bridgehead atoms. The lowest BCUT2D eigenvalue weighted by atomic mass is 10.2. The number of nitrogens with zero attached hydrogens (tertiary/aromatic N) is 1. The molecular formula is C20H18N2O5S. The fourth-order valence-electron chi connectivity index (χ4n) is 2.55. The van der Waals surface area contributed by atoms with Crippen LogP contribution in [0, 0.1) is 0 Å². The Kier molecular flexibility index (Phi) is 6.00. The van der Waals surface area contributed by atoms with Crippen LogP contribution < -0.4 is 10.1 Å². The van der Waals surface area contributed by atoms with E-state index in [1.54, 1.807) is 36.4 Å². The maximum absolute atomic E-state index is 12.5. The van der Waals surface area contributed by atoms with Gasteiger partial charge in [0.15, 0.2) is 0 Å². The first kappa shape index (κ1) is 19.5. The molecule has 0 radical (unpaired) electrons. The van der Waals surface area contributed by atoms with Gasteiger partial charge in [0, 0.05) is 5.69 Å². The zero-order chi connectivity index (χ0) is 20.1. The number of nitrogens with one attached hydrogen (secondary N) is 1. The van der Waals surface area contributed by atoms with E-state index in [0.717, 1.165) is 16.7 Å². The summed E-state index contributed by atoms with van der Waals surface area (Å²) in [6, 6.07) is 13.1. The molecule has 3 amide bonds. The van der Waals surface area contributed by atoms with E-state index in [2.05, 4.69) is 5.32 Å². The molecular weight excluding hydrogens is 380 g/mol. The molecule has 28 heavy (non-hydrogen) atoms. The number of amides is 3. The Morgan fingerprint density at radius 1 is 1.21 bits per heavy atom. The lowest BCUT2D eigenvalue weighted by Crippen LogP contribution is -2.36. The summed E-state index contributed by atoms with van der Waals surface area (Å²) in [4.78, 5) is 37.9. The second-order valence-electron chi connectivity index (χ2n) is 5.87. The van der Waals surface area contributed by atoms with Gasteiger partial charge in [-0.3, -0.25) is 19.3 Å². The Hall–Kier alpha value is -3.26. The molecule has 2 aromatic rings. The van der Waals surface area contributed by atoms with Crippen molar-refractivity contribution in [2.75, 3.05) is 18.5 Å². The van der Waals surface area contributed by atoms with Crippen molar-refractivity contribution < 1.29 is 24.2 Å². The molecule has 0 aromatic heterocycles. The number of carbonyl (C=O) groups excluding carboxylic acids is 3. The van der Waals surface area contributed by atoms with Crippen LogP contribution in [0.5, 0.6) is 11.5 Å². The quantitative estimate of drug-likeness (QED) is 0.724. The number of rotatable bonds is 6. The maximum atomic E-state index is 12.5. The first-order valence-corrected chi connectivity index (χ1v) is 9.35. The number of phenolic OH excluding ortho intramolecular Hbond substituents is 1. The van der Waals surface area contributed by atoms with Crippen LogP contribution in [0.1, 0.15) is 12.5 Å². The summed E-state index contributed by atoms with van der Waals surface area (Å²) in [6.07, 6.45) is 1.51. The average Bonchev–Trinajstić information content (AvgIpc) is 2.91. The number of hydrogen-bond acceptors (Lipinski definition) is 6. The predicted molar refractivity (Wildman–Crippen MR) is 107 cm³/mol. The highest BCUT2D eigenvalue weighted by atomic mass is 32.2. The molecule has 0 unspecified atom stereocenters. The molecule has 3 rings (SSSR count). The minimum absolute atomic E-state index is 0.0581. The average molecular weight is 398 g/mol. The third-order valence-corrected chi connectivity index (χ3v) is 4.70. The van der Waals surface area contributed by atoms with Crippen LogP contribution in [0.15, 0.2) is 53.4 Å². The molecule has 0 spiro atoms. The summed E-state index contributed by atoms with van der Waals surface area (Å²) in [7, 11) is 0. The van der Waals surface area contributed by atoms with Crippen molar-refractivity contribution in [3.8, 4) is 11.5 Å². The van der Waals surface area contributed by atoms with Crippen molar-refractivity contribution >= 4 is 40.6 Å². The summed E-state index contributed by atoms with van der Waals surface area (Å²) in [5.74, 6) is -0.281. The Balaban J connectivity index is 1.64. The lowest BCUT2D eigenvalue weighted by molar-refractivity contribution is -0.127. The molecule has 2 aromatic carbocycles. The number of imide groups is 1. The molecule has 0 atom stereocenters. The van der Waals surface area contributed by atoms with Gasteiger partial charge in [0.1, 0.15) is 18.0 Å². The molecule has 1 aliphatic rings. The van der Waals surface area contributed by atoms with E-state index in [4.69, 9.17) is 4.74 Å². The van der Waals surface area contributed by atoms with Gasteiger partial charge in [-0.15, -0.1) is 0 Å². The van der Waals surface area contributed by atoms with E-state index in [-0.39, 0.29) is 17.2 Å². The molecule has 0 aliphatic carbocycles. The van der Waals surface area contributed by atoms with Crippen LogP contribution in [0.4, 0.5) is 10.5 Å². The van der Waals surface area contributed by atoms with Gasteiger partial charge in [-0.05, 0) is 66.7 Å². The molecule has 144 valence electrons. The van der Waals surface area contributed by atoms with Crippen molar-refractivity contribution in [3.05, 3.63) is 59.0 Å². The summed E-state index contributed by atoms with van der Waals surface area (Å²) >= 11 is 0.759. The molecule has 1 heterocycles. The summed E-state index contributed by atoms with van der Waals surface area (Å²) < 4.78 is 5.33. The van der Waals surface area contributed by atoms with Gasteiger partial charge in [0.05, 0.1) is 11.5 Å². The van der Waals surface area contributed by atoms with E-state index in [0.29, 0.717) is 23.6 Å². The fraction of sp³-hybridized carbons (Fsp3) is 0.150. The lowest BCUT2D eigenvalue weighted by Gasteiger charge is -2.12. The minimum atomic E-state index is -0.541. The molecule has 7 nitrogen and oxygen atoms in total. The molecule has 1 saturated heterocycles. The van der Waals surface area contributed by atoms with Crippen LogP contribution in [-0.4, -0.2) is 40.2 Å². The first-order chi connectivity index (χ1) is 13.5. The number of phenols is 1. The zero-order valence-corrected chi connectivity index (χ0v) is 15.9. The summed E-state index contributed by atoms with van der Waals surface area (Å²) in [5.41, 5.74) is 1.13. The minimum Gasteiger partial charge on any atom is -0.508 e. The normalized spacial score (nSPS) is 15.2. The number of carbonyl (C=O) groups is 3. The number of ether oxygens (including phenoxy) is 1. The van der Waals surface area contributed by atoms with Crippen molar-refractivity contribution in [2.45, 2.75) is 6.92 Å². The highest BCUT2D eigenvalue weighted by molar-refractivity contribution is 8.18. The van der Waals surface area contributed by atoms with E-state index >= 15 is 0 Å². The topological polar surface area (TPSA) is 95.9 Å². The molecule has 1 fully saturated rings. The van der Waals surface area contributed by atoms with Crippen LogP contribution in [0.25, 0.3) is 6.08 Å². The van der Waals surface area contributed by atoms with Gasteiger partial charge in [0.2, 0.25) is 5.91 Å². The van der Waals surface area contributed by atoms with Gasteiger partial charge >= 0.3 is 0 Å². The highest BCUT2D eigenvalue weighted by Gasteiger charge is 2.36. The number of aromatic hydroxyl groups is 1. The SMILES string of the molecule is CCOc1ccc(NC(=O)CN2C(=O)SC(=Cc3cccc(O)c3)C2=O)cc1. The summed E-state index contributed by atoms with van der Waals surface area (Å²) in [6.45, 7) is 2.04. The molecule has 2 N–H and O–H groups in total. The Morgan fingerprint density at radius 2 is 1.96 bits per heavy atom. The number of thioether (sulfide) groups is 1. The Bertz CT molecular complexity index is 940.